The van der Waals surface area contributed by atoms with Crippen molar-refractivity contribution in [2.45, 2.75) is 57.8 Å². The van der Waals surface area contributed by atoms with Crippen molar-refractivity contribution in [3.63, 3.8) is 0 Å². The summed E-state index contributed by atoms with van der Waals surface area (Å²) in [5.41, 5.74) is 6.87. The Kier molecular flexibility index (Phi) is 10.8. The molecule has 1 aromatic carbocycles. The molecule has 1 aromatic rings. The SMILES string of the molecule is CC1CC=C(CCCCCCC(=O)NO)N(C)c2ccc(N(CCCl)CCCl)cc21. The number of nitrogens with one attached hydrogen (secondary N) is 1. The first kappa shape index (κ1) is 24.8. The van der Waals surface area contributed by atoms with Gasteiger partial charge in [0.1, 0.15) is 0 Å². The summed E-state index contributed by atoms with van der Waals surface area (Å²) < 4.78 is 0. The number of hydroxylamine groups is 1. The molecule has 1 aliphatic rings. The Balaban J connectivity index is 2.01. The first-order valence-corrected chi connectivity index (χ1v) is 11.9. The van der Waals surface area contributed by atoms with Crippen LogP contribution in [0.1, 0.15) is 63.4 Å². The Bertz CT molecular complexity index is 706. The number of fused-ring (bicyclic) bond motifs is 1. The summed E-state index contributed by atoms with van der Waals surface area (Å²) in [6.07, 6.45) is 8.80. The standard InChI is InChI=1S/C23H35Cl2N3O2/c1-18-9-10-19(7-5-3-4-6-8-23(29)26-30)27(2)22-12-11-20(17-21(18)22)28(15-13-24)16-14-25/h10-12,17-18,30H,3-9,13-16H2,1-2H3,(H,26,29). The molecule has 2 rings (SSSR count). The fourth-order valence-corrected chi connectivity index (χ4v) is 4.42. The minimum atomic E-state index is -0.304. The second kappa shape index (κ2) is 13.1. The van der Waals surface area contributed by atoms with E-state index in [0.29, 0.717) is 24.1 Å². The van der Waals surface area contributed by atoms with Crippen LogP contribution >= 0.6 is 23.2 Å². The molecule has 0 fully saturated rings. The number of hydrogen-bond donors (Lipinski definition) is 2. The summed E-state index contributed by atoms with van der Waals surface area (Å²) in [5.74, 6) is 1.31. The van der Waals surface area contributed by atoms with Gasteiger partial charge in [-0.25, -0.2) is 5.48 Å². The maximum Gasteiger partial charge on any atom is 0.243 e. The van der Waals surface area contributed by atoms with Gasteiger partial charge in [-0.15, -0.1) is 23.2 Å². The van der Waals surface area contributed by atoms with Crippen molar-refractivity contribution in [3.8, 4) is 0 Å². The van der Waals surface area contributed by atoms with Gasteiger partial charge in [0.25, 0.3) is 0 Å². The van der Waals surface area contributed by atoms with Crippen LogP contribution in [0.5, 0.6) is 0 Å². The van der Waals surface area contributed by atoms with E-state index in [1.807, 2.05) is 0 Å². The maximum atomic E-state index is 11.1. The average molecular weight is 456 g/mol. The van der Waals surface area contributed by atoms with E-state index in [2.05, 4.69) is 48.0 Å². The molecule has 1 heterocycles. The van der Waals surface area contributed by atoms with E-state index >= 15 is 0 Å². The number of hydrogen-bond acceptors (Lipinski definition) is 4. The van der Waals surface area contributed by atoms with E-state index in [9.17, 15) is 4.79 Å². The molecule has 0 spiro atoms. The van der Waals surface area contributed by atoms with E-state index in [-0.39, 0.29) is 5.91 Å². The lowest BCUT2D eigenvalue weighted by Gasteiger charge is -2.28. The second-order valence-corrected chi connectivity index (χ2v) is 8.70. The molecule has 5 nitrogen and oxygen atoms in total. The third-order valence-corrected chi connectivity index (χ3v) is 6.16. The molecule has 0 radical (unpaired) electrons. The minimum Gasteiger partial charge on any atom is -0.369 e. The molecule has 0 aromatic heterocycles. The van der Waals surface area contributed by atoms with Gasteiger partial charge in [0, 0.05) is 55.4 Å². The fourth-order valence-electron chi connectivity index (χ4n) is 4.02. The van der Waals surface area contributed by atoms with Crippen LogP contribution in [0.15, 0.2) is 30.0 Å². The van der Waals surface area contributed by atoms with Gasteiger partial charge in [0.2, 0.25) is 5.91 Å². The van der Waals surface area contributed by atoms with Crippen LogP contribution in [0, 0.1) is 0 Å². The second-order valence-electron chi connectivity index (χ2n) is 7.95. The summed E-state index contributed by atoms with van der Waals surface area (Å²) in [6, 6.07) is 6.71. The summed E-state index contributed by atoms with van der Waals surface area (Å²) in [7, 11) is 2.16. The highest BCUT2D eigenvalue weighted by Gasteiger charge is 2.21. The number of nitrogens with zero attached hydrogens (tertiary/aromatic N) is 2. The van der Waals surface area contributed by atoms with Crippen LogP contribution in [0.3, 0.4) is 0 Å². The predicted octanol–water partition coefficient (Wildman–Crippen LogP) is 5.64. The number of halogens is 2. The molecule has 0 aliphatic carbocycles. The van der Waals surface area contributed by atoms with Crippen molar-refractivity contribution in [3.05, 3.63) is 35.5 Å². The van der Waals surface area contributed by atoms with Crippen LogP contribution in [-0.2, 0) is 4.79 Å². The molecule has 0 bridgehead atoms. The Hall–Kier alpha value is -1.43. The normalized spacial score (nSPS) is 16.0. The lowest BCUT2D eigenvalue weighted by Crippen LogP contribution is -2.28. The molecule has 2 N–H and O–H groups in total. The number of amides is 1. The molecular formula is C23H35Cl2N3O2. The highest BCUT2D eigenvalue weighted by Crippen LogP contribution is 2.38. The number of anilines is 2. The van der Waals surface area contributed by atoms with Gasteiger partial charge >= 0.3 is 0 Å². The van der Waals surface area contributed by atoms with Crippen LogP contribution in [0.4, 0.5) is 11.4 Å². The third kappa shape index (κ3) is 7.07. The first-order valence-electron chi connectivity index (χ1n) is 10.9. The molecule has 1 aliphatic heterocycles. The highest BCUT2D eigenvalue weighted by molar-refractivity contribution is 6.18. The van der Waals surface area contributed by atoms with Crippen LogP contribution in [-0.4, -0.2) is 43.0 Å². The number of benzene rings is 1. The van der Waals surface area contributed by atoms with E-state index in [4.69, 9.17) is 28.4 Å². The molecule has 1 atom stereocenters. The van der Waals surface area contributed by atoms with Gasteiger partial charge in [0.15, 0.2) is 0 Å². The van der Waals surface area contributed by atoms with Gasteiger partial charge in [-0.3, -0.25) is 10.0 Å². The summed E-state index contributed by atoms with van der Waals surface area (Å²) >= 11 is 12.0. The zero-order chi connectivity index (χ0) is 21.9. The number of allylic oxidation sites excluding steroid dienone is 2. The topological polar surface area (TPSA) is 55.8 Å². The molecule has 30 heavy (non-hydrogen) atoms. The molecule has 1 amide bonds. The Morgan fingerprint density at radius 2 is 1.90 bits per heavy atom. The van der Waals surface area contributed by atoms with Crippen LogP contribution < -0.4 is 15.3 Å². The van der Waals surface area contributed by atoms with Gasteiger partial charge in [-0.2, -0.15) is 0 Å². The van der Waals surface area contributed by atoms with Crippen LogP contribution in [0.2, 0.25) is 0 Å². The quantitative estimate of drug-likeness (QED) is 0.185. The summed E-state index contributed by atoms with van der Waals surface area (Å²) in [6.45, 7) is 3.87. The van der Waals surface area contributed by atoms with Crippen molar-refractivity contribution >= 4 is 40.5 Å². The molecular weight excluding hydrogens is 421 g/mol. The Labute approximate surface area is 191 Å². The van der Waals surface area contributed by atoms with E-state index in [1.165, 1.54) is 22.6 Å². The number of carbonyl (C=O) groups is 1. The lowest BCUT2D eigenvalue weighted by molar-refractivity contribution is -0.129. The molecule has 168 valence electrons. The number of alkyl halides is 2. The monoisotopic (exact) mass is 455 g/mol. The highest BCUT2D eigenvalue weighted by atomic mass is 35.5. The first-order chi connectivity index (χ1) is 14.5. The third-order valence-electron chi connectivity index (χ3n) is 5.83. The molecule has 0 saturated carbocycles. The molecule has 1 unspecified atom stereocenters. The Morgan fingerprint density at radius 3 is 2.57 bits per heavy atom. The fraction of sp³-hybridized carbons (Fsp3) is 0.609. The van der Waals surface area contributed by atoms with Gasteiger partial charge < -0.3 is 9.80 Å². The van der Waals surface area contributed by atoms with Gasteiger partial charge in [0.05, 0.1) is 0 Å². The van der Waals surface area contributed by atoms with E-state index < -0.39 is 0 Å². The van der Waals surface area contributed by atoms with Crippen molar-refractivity contribution in [1.29, 1.82) is 0 Å². The largest absolute Gasteiger partial charge is 0.369 e. The minimum absolute atomic E-state index is 0.304. The maximum absolute atomic E-state index is 11.1. The smallest absolute Gasteiger partial charge is 0.243 e. The van der Waals surface area contributed by atoms with Crippen LogP contribution in [0.25, 0.3) is 0 Å². The number of unbranched alkanes of at least 4 members (excludes halogenated alkanes) is 3. The summed E-state index contributed by atoms with van der Waals surface area (Å²) in [4.78, 5) is 15.6. The Morgan fingerprint density at radius 1 is 1.20 bits per heavy atom. The molecule has 0 saturated heterocycles. The van der Waals surface area contributed by atoms with E-state index in [1.54, 1.807) is 5.48 Å². The van der Waals surface area contributed by atoms with Gasteiger partial charge in [-0.1, -0.05) is 25.8 Å². The van der Waals surface area contributed by atoms with E-state index in [0.717, 1.165) is 51.6 Å². The number of rotatable bonds is 12. The average Bonchev–Trinajstić information content (AvgIpc) is 2.87. The lowest BCUT2D eigenvalue weighted by atomic mass is 9.96. The predicted molar refractivity (Wildman–Crippen MR) is 127 cm³/mol. The summed E-state index contributed by atoms with van der Waals surface area (Å²) in [5, 5.41) is 8.54. The van der Waals surface area contributed by atoms with Crippen molar-refractivity contribution in [2.24, 2.45) is 0 Å². The van der Waals surface area contributed by atoms with Crippen molar-refractivity contribution < 1.29 is 10.0 Å². The zero-order valence-electron chi connectivity index (χ0n) is 18.2. The molecule has 7 heteroatoms. The number of carbonyl (C=O) groups excluding carboxylic acids is 1. The zero-order valence-corrected chi connectivity index (χ0v) is 19.7. The van der Waals surface area contributed by atoms with Crippen molar-refractivity contribution in [1.82, 2.24) is 5.48 Å². The van der Waals surface area contributed by atoms with Crippen molar-refractivity contribution in [2.75, 3.05) is 41.7 Å². The van der Waals surface area contributed by atoms with Gasteiger partial charge in [-0.05, 0) is 55.4 Å².